The lowest BCUT2D eigenvalue weighted by Gasteiger charge is -2.48. The van der Waals surface area contributed by atoms with Gasteiger partial charge in [0.05, 0.1) is 18.3 Å². The molecule has 9 nitrogen and oxygen atoms in total. The number of likely N-dealkylation sites (N-methyl/N-ethyl adjacent to an activating group) is 1. The molecular formula is C32H48N6O3S. The van der Waals surface area contributed by atoms with E-state index in [9.17, 15) is 14.7 Å². The minimum atomic E-state index is -1.13. The highest BCUT2D eigenvalue weighted by molar-refractivity contribution is 7.81. The number of nitrogens with zero attached hydrogens (tertiary/aromatic N) is 3. The summed E-state index contributed by atoms with van der Waals surface area (Å²) in [5.74, 6) is 0.251. The van der Waals surface area contributed by atoms with E-state index in [0.29, 0.717) is 24.8 Å². The molecule has 1 saturated carbocycles. The van der Waals surface area contributed by atoms with Crippen LogP contribution in [0.3, 0.4) is 0 Å². The number of likely N-dealkylation sites (tertiary alicyclic amines) is 1. The average molecular weight is 597 g/mol. The summed E-state index contributed by atoms with van der Waals surface area (Å²) in [5.41, 5.74) is 2.07. The predicted octanol–water partition coefficient (Wildman–Crippen LogP) is 3.58. The Kier molecular flexibility index (Phi) is 13.8. The smallest absolute Gasteiger partial charge is 0.272 e. The second-order valence-electron chi connectivity index (χ2n) is 10.9. The number of hydrogen-bond donors (Lipinski definition) is 5. The summed E-state index contributed by atoms with van der Waals surface area (Å²) < 4.78 is 0. The second kappa shape index (κ2) is 17.2. The number of β-amino-alcohol motifs (C(OH)–C–C–N with tert-alkyl or cyclic N) is 1. The van der Waals surface area contributed by atoms with Crippen molar-refractivity contribution in [2.75, 3.05) is 19.6 Å². The molecule has 4 rings (SSSR count). The van der Waals surface area contributed by atoms with Crippen molar-refractivity contribution < 1.29 is 14.7 Å². The molecule has 42 heavy (non-hydrogen) atoms. The van der Waals surface area contributed by atoms with Crippen LogP contribution in [0, 0.1) is 11.8 Å². The van der Waals surface area contributed by atoms with Gasteiger partial charge in [-0.15, -0.1) is 12.6 Å². The van der Waals surface area contributed by atoms with E-state index in [-0.39, 0.29) is 11.7 Å². The van der Waals surface area contributed by atoms with Gasteiger partial charge in [-0.25, -0.2) is 4.98 Å². The Balaban J connectivity index is 0.00000237. The molecule has 1 aromatic carbocycles. The molecule has 2 aliphatic rings. The maximum atomic E-state index is 13.2. The summed E-state index contributed by atoms with van der Waals surface area (Å²) in [7, 11) is 0. The summed E-state index contributed by atoms with van der Waals surface area (Å²) in [5, 5.41) is 19.4. The number of piperidine rings is 1. The molecule has 1 saturated heterocycles. The zero-order valence-corrected chi connectivity index (χ0v) is 26.1. The molecule has 1 aliphatic heterocycles. The van der Waals surface area contributed by atoms with E-state index in [1.165, 1.54) is 44.3 Å². The Morgan fingerprint density at radius 2 is 1.83 bits per heavy atom. The number of aliphatic hydroxyl groups excluding tert-OH is 1. The number of amides is 2. The molecule has 0 bridgehead atoms. The fraction of sp³-hybridized carbons (Fsp3) is 0.562. The SMILES string of the molecule is C=C(NCC)C1CC2CCCCC2CN1CC(O)C(Cc1ccccc1)NC(=O)C(S)NC(=O)c1cnccn1.CC. The Hall–Kier alpha value is -2.95. The number of rotatable bonds is 12. The third-order valence-corrected chi connectivity index (χ3v) is 8.50. The Bertz CT molecular complexity index is 1120. The van der Waals surface area contributed by atoms with Crippen molar-refractivity contribution in [3.05, 3.63) is 72.5 Å². The molecule has 1 aliphatic carbocycles. The number of carbonyl (C=O) groups excluding carboxylic acids is 2. The number of aromatic nitrogens is 2. The van der Waals surface area contributed by atoms with E-state index in [4.69, 9.17) is 0 Å². The third kappa shape index (κ3) is 9.54. The summed E-state index contributed by atoms with van der Waals surface area (Å²) in [6.45, 7) is 12.5. The van der Waals surface area contributed by atoms with E-state index in [2.05, 4.69) is 56.9 Å². The number of fused-ring (bicyclic) bond motifs is 1. The van der Waals surface area contributed by atoms with Gasteiger partial charge in [0.25, 0.3) is 11.8 Å². The molecular weight excluding hydrogens is 548 g/mol. The van der Waals surface area contributed by atoms with E-state index in [1.54, 1.807) is 0 Å². The van der Waals surface area contributed by atoms with Gasteiger partial charge in [0.15, 0.2) is 5.37 Å². The van der Waals surface area contributed by atoms with E-state index in [0.717, 1.165) is 30.8 Å². The quantitative estimate of drug-likeness (QED) is 0.188. The van der Waals surface area contributed by atoms with Crippen LogP contribution < -0.4 is 16.0 Å². The lowest BCUT2D eigenvalue weighted by atomic mass is 9.72. The first-order chi connectivity index (χ1) is 20.4. The van der Waals surface area contributed by atoms with Crippen LogP contribution in [-0.4, -0.2) is 75.0 Å². The van der Waals surface area contributed by atoms with Crippen molar-refractivity contribution in [1.29, 1.82) is 0 Å². The van der Waals surface area contributed by atoms with Crippen LogP contribution in [0.25, 0.3) is 0 Å². The van der Waals surface area contributed by atoms with Gasteiger partial charge >= 0.3 is 0 Å². The zero-order valence-electron chi connectivity index (χ0n) is 25.2. The van der Waals surface area contributed by atoms with Crippen molar-refractivity contribution in [3.8, 4) is 0 Å². The van der Waals surface area contributed by atoms with Crippen LogP contribution in [0.1, 0.15) is 68.9 Å². The Morgan fingerprint density at radius 1 is 1.12 bits per heavy atom. The van der Waals surface area contributed by atoms with Gasteiger partial charge in [0.2, 0.25) is 0 Å². The molecule has 0 radical (unpaired) electrons. The van der Waals surface area contributed by atoms with Gasteiger partial charge in [-0.05, 0) is 43.6 Å². The Morgan fingerprint density at radius 3 is 2.50 bits per heavy atom. The van der Waals surface area contributed by atoms with Crippen molar-refractivity contribution in [3.63, 3.8) is 0 Å². The minimum Gasteiger partial charge on any atom is -0.390 e. The topological polar surface area (TPSA) is 119 Å². The number of carbonyl (C=O) groups is 2. The van der Waals surface area contributed by atoms with Crippen LogP contribution in [0.5, 0.6) is 0 Å². The highest BCUT2D eigenvalue weighted by Gasteiger charge is 2.39. The number of benzene rings is 1. The minimum absolute atomic E-state index is 0.0910. The van der Waals surface area contributed by atoms with Crippen molar-refractivity contribution in [1.82, 2.24) is 30.8 Å². The van der Waals surface area contributed by atoms with Crippen LogP contribution in [0.15, 0.2) is 61.2 Å². The molecule has 1 aromatic heterocycles. The van der Waals surface area contributed by atoms with Gasteiger partial charge in [-0.1, -0.05) is 70.0 Å². The molecule has 10 heteroatoms. The summed E-state index contributed by atoms with van der Waals surface area (Å²) in [6, 6.07) is 9.30. The number of aliphatic hydroxyl groups is 1. The van der Waals surface area contributed by atoms with Crippen LogP contribution in [0.4, 0.5) is 0 Å². The van der Waals surface area contributed by atoms with E-state index >= 15 is 0 Å². The molecule has 2 aromatic rings. The van der Waals surface area contributed by atoms with Gasteiger partial charge in [-0.2, -0.15) is 0 Å². The van der Waals surface area contributed by atoms with E-state index in [1.807, 2.05) is 44.2 Å². The first-order valence-corrected chi connectivity index (χ1v) is 15.8. The Labute approximate surface area is 256 Å². The fourth-order valence-corrected chi connectivity index (χ4v) is 6.26. The van der Waals surface area contributed by atoms with Gasteiger partial charge in [-0.3, -0.25) is 19.5 Å². The average Bonchev–Trinajstić information content (AvgIpc) is 3.02. The van der Waals surface area contributed by atoms with Crippen molar-refractivity contribution in [2.24, 2.45) is 11.8 Å². The van der Waals surface area contributed by atoms with Gasteiger partial charge in [0.1, 0.15) is 5.69 Å². The zero-order chi connectivity index (χ0) is 30.5. The molecule has 4 N–H and O–H groups in total. The van der Waals surface area contributed by atoms with Crippen LogP contribution >= 0.6 is 12.6 Å². The molecule has 2 heterocycles. The molecule has 2 fully saturated rings. The second-order valence-corrected chi connectivity index (χ2v) is 11.4. The van der Waals surface area contributed by atoms with Crippen molar-refractivity contribution >= 4 is 24.4 Å². The van der Waals surface area contributed by atoms with Crippen LogP contribution in [-0.2, 0) is 11.2 Å². The lowest BCUT2D eigenvalue weighted by Crippen LogP contribution is -2.57. The van der Waals surface area contributed by atoms with E-state index < -0.39 is 29.3 Å². The summed E-state index contributed by atoms with van der Waals surface area (Å²) in [6.07, 6.45) is 9.83. The molecule has 6 atom stereocenters. The lowest BCUT2D eigenvalue weighted by molar-refractivity contribution is -0.122. The molecule has 0 spiro atoms. The summed E-state index contributed by atoms with van der Waals surface area (Å²) >= 11 is 4.33. The summed E-state index contributed by atoms with van der Waals surface area (Å²) in [4.78, 5) is 35.9. The van der Waals surface area contributed by atoms with Gasteiger partial charge < -0.3 is 21.1 Å². The first kappa shape index (κ1) is 33.6. The molecule has 6 unspecified atom stereocenters. The largest absolute Gasteiger partial charge is 0.390 e. The maximum Gasteiger partial charge on any atom is 0.272 e. The number of nitrogens with one attached hydrogen (secondary N) is 3. The third-order valence-electron chi connectivity index (χ3n) is 8.13. The van der Waals surface area contributed by atoms with Gasteiger partial charge in [0, 0.05) is 43.8 Å². The van der Waals surface area contributed by atoms with Crippen molar-refractivity contribution in [2.45, 2.75) is 82.9 Å². The predicted molar refractivity (Wildman–Crippen MR) is 170 cm³/mol. The molecule has 230 valence electrons. The maximum absolute atomic E-state index is 13.2. The number of thiol groups is 1. The highest BCUT2D eigenvalue weighted by atomic mass is 32.1. The number of hydrogen-bond acceptors (Lipinski definition) is 8. The van der Waals surface area contributed by atoms with Crippen LogP contribution in [0.2, 0.25) is 0 Å². The standard InChI is InChI=1S/C30H42N6O3S.C2H6/c1-3-32-20(2)26-16-22-11-7-8-12-23(22)18-36(26)19-27(37)24(15-21-9-5-4-6-10-21)34-29(39)30(40)35-28(38)25-17-31-13-14-33-25;1-2/h4-6,9-10,13-14,17,22-24,26-27,30,32,37,40H,2-3,7-8,11-12,15-16,18-19H2,1H3,(H,34,39)(H,35,38);1-2H3. The fourth-order valence-electron chi connectivity index (χ4n) is 6.07. The molecule has 2 amide bonds. The highest BCUT2D eigenvalue weighted by Crippen LogP contribution is 2.39. The monoisotopic (exact) mass is 596 g/mol. The normalized spacial score (nSPS) is 22.3. The first-order valence-electron chi connectivity index (χ1n) is 15.3.